The van der Waals surface area contributed by atoms with Gasteiger partial charge >= 0.3 is 0 Å². The van der Waals surface area contributed by atoms with Gasteiger partial charge in [0.15, 0.2) is 11.6 Å². The lowest BCUT2D eigenvalue weighted by atomic mass is 9.82. The number of nitrogens with two attached hydrogens (primary N) is 1. The van der Waals surface area contributed by atoms with Gasteiger partial charge in [-0.2, -0.15) is 0 Å². The summed E-state index contributed by atoms with van der Waals surface area (Å²) < 4.78 is 28.0. The van der Waals surface area contributed by atoms with Gasteiger partial charge in [-0.3, -0.25) is 43.9 Å². The highest BCUT2D eigenvalue weighted by Gasteiger charge is 2.46. The van der Waals surface area contributed by atoms with E-state index < -0.39 is 41.4 Å². The van der Waals surface area contributed by atoms with E-state index in [0.29, 0.717) is 48.2 Å². The van der Waals surface area contributed by atoms with Crippen molar-refractivity contribution in [3.63, 3.8) is 0 Å². The third kappa shape index (κ3) is 11.8. The van der Waals surface area contributed by atoms with Gasteiger partial charge < -0.3 is 30.7 Å². The number of carbonyl (C=O) groups excluding carboxylic acids is 6. The van der Waals surface area contributed by atoms with Gasteiger partial charge in [-0.25, -0.2) is 4.39 Å². The third-order valence-electron chi connectivity index (χ3n) is 16.5. The number of benzene rings is 4. The highest BCUT2D eigenvalue weighted by molar-refractivity contribution is 6.33. The minimum absolute atomic E-state index is 0.00285. The van der Waals surface area contributed by atoms with E-state index in [1.807, 2.05) is 36.4 Å². The Labute approximate surface area is 442 Å². The predicted molar refractivity (Wildman–Crippen MR) is 282 cm³/mol. The number of hydrogen-bond donors (Lipinski definition) is 4. The molecule has 0 bridgehead atoms. The van der Waals surface area contributed by atoms with E-state index >= 15 is 4.39 Å². The molecule has 3 atom stereocenters. The van der Waals surface area contributed by atoms with Crippen molar-refractivity contribution < 1.29 is 42.6 Å². The van der Waals surface area contributed by atoms with Crippen LogP contribution in [0.4, 0.5) is 10.1 Å². The van der Waals surface area contributed by atoms with Crippen LogP contribution in [0.2, 0.25) is 5.02 Å². The Balaban J connectivity index is 0.674. The molecule has 1 aliphatic carbocycles. The number of rotatable bonds is 17. The zero-order chi connectivity index (χ0) is 52.2. The molecule has 4 saturated heterocycles. The molecule has 0 radical (unpaired) electrons. The summed E-state index contributed by atoms with van der Waals surface area (Å²) >= 11 is 6.81. The van der Waals surface area contributed by atoms with Crippen molar-refractivity contribution in [3.05, 3.63) is 118 Å². The first-order valence-corrected chi connectivity index (χ1v) is 27.3. The van der Waals surface area contributed by atoms with Crippen LogP contribution >= 0.6 is 11.6 Å². The maximum Gasteiger partial charge on any atom is 0.264 e. The number of anilines is 1. The Morgan fingerprint density at radius 2 is 1.52 bits per heavy atom. The molecule has 4 aromatic rings. The standard InChI is InChI=1S/C58H67ClFN7O8/c59-46-17-11-38(31-44(46)52-42(55(61)70)16-19-49(54(52)60)75-34-41-8-5-29-74-41)45(37-6-2-1-3-7-37)32-62-39-12-14-40(15-13-39)63-51(69)33-65-25-21-35(22-26-65)30-36-23-27-66(28-24-36)47-10-4-9-43-53(47)58(73)67(57(43)72)48-18-20-50(68)64-56(48)71/h1-4,6-7,9-11,16-17,19,31,35-36,39-41,45,48,62H,5,8,12-15,18,20-30,32-34H2,(H2,61,70)(H,63,69)(H,64,68,71)/t39?,40?,41-,45?,48?/m0/s1. The predicted octanol–water partition coefficient (Wildman–Crippen LogP) is 7.37. The summed E-state index contributed by atoms with van der Waals surface area (Å²) in [6.07, 6.45) is 10.6. The minimum atomic E-state index is -0.992. The molecule has 0 spiro atoms. The van der Waals surface area contributed by atoms with Crippen LogP contribution in [-0.4, -0.2) is 122 Å². The zero-order valence-electron chi connectivity index (χ0n) is 42.3. The SMILES string of the molecule is NC(=O)c1ccc(OC[C@@H]2CCCO2)c(F)c1-c1cc(C(CNC2CCC(NC(=O)CN3CCC(CC4CCN(c5cccc6c5C(=O)N(C5CCC(=O)NC5=O)C6=O)CC4)CC3)CC2)c2ccccc2)ccc1Cl. The molecule has 15 nitrogen and oxygen atoms in total. The highest BCUT2D eigenvalue weighted by atomic mass is 35.5. The highest BCUT2D eigenvalue weighted by Crippen LogP contribution is 2.41. The molecule has 6 aliphatic rings. The van der Waals surface area contributed by atoms with E-state index in [1.165, 1.54) is 12.1 Å². The first-order chi connectivity index (χ1) is 36.4. The Hall–Kier alpha value is -6.20. The van der Waals surface area contributed by atoms with Gasteiger partial charge in [-0.15, -0.1) is 0 Å². The topological polar surface area (TPSA) is 193 Å². The summed E-state index contributed by atoms with van der Waals surface area (Å²) in [7, 11) is 0. The van der Waals surface area contributed by atoms with Crippen LogP contribution < -0.4 is 31.3 Å². The first kappa shape index (κ1) is 52.3. The quantitative estimate of drug-likeness (QED) is 0.0772. The molecule has 5 aliphatic heterocycles. The monoisotopic (exact) mass is 1040 g/mol. The smallest absolute Gasteiger partial charge is 0.264 e. The van der Waals surface area contributed by atoms with Crippen molar-refractivity contribution in [3.8, 4) is 16.9 Å². The molecule has 17 heteroatoms. The number of amides is 6. The summed E-state index contributed by atoms with van der Waals surface area (Å²) in [6.45, 7) is 5.15. The van der Waals surface area contributed by atoms with Crippen molar-refractivity contribution in [1.82, 2.24) is 25.8 Å². The Morgan fingerprint density at radius 3 is 2.23 bits per heavy atom. The van der Waals surface area contributed by atoms with Crippen LogP contribution in [0.3, 0.4) is 0 Å². The minimum Gasteiger partial charge on any atom is -0.488 e. The number of carbonyl (C=O) groups is 6. The normalized spacial score (nSPS) is 23.3. The van der Waals surface area contributed by atoms with Gasteiger partial charge in [0.25, 0.3) is 11.8 Å². The maximum absolute atomic E-state index is 16.4. The van der Waals surface area contributed by atoms with E-state index in [2.05, 4.69) is 37.9 Å². The van der Waals surface area contributed by atoms with Gasteiger partial charge in [0, 0.05) is 66.8 Å². The second-order valence-electron chi connectivity index (χ2n) is 21.4. The molecule has 4 aromatic carbocycles. The van der Waals surface area contributed by atoms with E-state index in [4.69, 9.17) is 26.8 Å². The number of imide groups is 2. The number of nitrogens with zero attached hydrogens (tertiary/aromatic N) is 3. The number of fused-ring (bicyclic) bond motifs is 1. The zero-order valence-corrected chi connectivity index (χ0v) is 43.1. The van der Waals surface area contributed by atoms with E-state index in [-0.39, 0.29) is 71.4 Å². The number of hydrogen-bond acceptors (Lipinski definition) is 11. The molecule has 0 aromatic heterocycles. The van der Waals surface area contributed by atoms with Crippen molar-refractivity contribution in [2.24, 2.45) is 17.6 Å². The van der Waals surface area contributed by atoms with E-state index in [1.54, 1.807) is 18.2 Å². The molecule has 5 N–H and O–H groups in total. The fourth-order valence-electron chi connectivity index (χ4n) is 12.4. The van der Waals surface area contributed by atoms with Gasteiger partial charge in [0.2, 0.25) is 23.6 Å². The Morgan fingerprint density at radius 1 is 0.787 bits per heavy atom. The van der Waals surface area contributed by atoms with Crippen LogP contribution in [-0.2, 0) is 19.1 Å². The summed E-state index contributed by atoms with van der Waals surface area (Å²) in [5, 5.41) is 9.70. The van der Waals surface area contributed by atoms with Crippen LogP contribution in [0.25, 0.3) is 11.1 Å². The van der Waals surface area contributed by atoms with Crippen molar-refractivity contribution >= 4 is 52.7 Å². The number of primary amides is 1. The number of piperidine rings is 3. The summed E-state index contributed by atoms with van der Waals surface area (Å²) in [4.78, 5) is 83.1. The van der Waals surface area contributed by atoms with E-state index in [0.717, 1.165) is 119 Å². The first-order valence-electron chi connectivity index (χ1n) is 26.9. The van der Waals surface area contributed by atoms with Gasteiger partial charge in [0.1, 0.15) is 12.6 Å². The summed E-state index contributed by atoms with van der Waals surface area (Å²) in [6, 6.07) is 23.3. The molecule has 6 amide bonds. The lowest BCUT2D eigenvalue weighted by Gasteiger charge is -2.38. The van der Waals surface area contributed by atoms with Crippen molar-refractivity contribution in [2.75, 3.05) is 57.4 Å². The lowest BCUT2D eigenvalue weighted by molar-refractivity contribution is -0.136. The van der Waals surface area contributed by atoms with Crippen LogP contribution in [0.15, 0.2) is 78.9 Å². The van der Waals surface area contributed by atoms with Crippen molar-refractivity contribution in [1.29, 1.82) is 0 Å². The van der Waals surface area contributed by atoms with Crippen LogP contribution in [0, 0.1) is 17.7 Å². The molecular formula is C58H67ClFN7O8. The Kier molecular flexibility index (Phi) is 16.3. The fraction of sp³-hybridized carbons (Fsp3) is 0.483. The van der Waals surface area contributed by atoms with Gasteiger partial charge in [0.05, 0.1) is 35.0 Å². The van der Waals surface area contributed by atoms with Crippen LogP contribution in [0.5, 0.6) is 5.75 Å². The van der Waals surface area contributed by atoms with Crippen LogP contribution in [0.1, 0.15) is 132 Å². The third-order valence-corrected chi connectivity index (χ3v) is 16.9. The number of halogens is 2. The molecular weight excluding hydrogens is 977 g/mol. The lowest BCUT2D eigenvalue weighted by Crippen LogP contribution is -2.54. The molecule has 10 rings (SSSR count). The average Bonchev–Trinajstić information content (AvgIpc) is 4.04. The molecule has 1 saturated carbocycles. The molecule has 396 valence electrons. The molecule has 5 heterocycles. The van der Waals surface area contributed by atoms with Crippen molar-refractivity contribution in [2.45, 2.75) is 114 Å². The van der Waals surface area contributed by atoms with E-state index in [9.17, 15) is 28.8 Å². The largest absolute Gasteiger partial charge is 0.488 e. The number of likely N-dealkylation sites (tertiary alicyclic amines) is 1. The molecule has 75 heavy (non-hydrogen) atoms. The maximum atomic E-state index is 16.4. The number of ether oxygens (including phenoxy) is 2. The second kappa shape index (κ2) is 23.4. The van der Waals surface area contributed by atoms with Gasteiger partial charge in [-0.1, -0.05) is 54.1 Å². The fourth-order valence-corrected chi connectivity index (χ4v) is 12.6. The number of nitrogens with one attached hydrogen (secondary N) is 3. The summed E-state index contributed by atoms with van der Waals surface area (Å²) in [5.74, 6) is -2.35. The second-order valence-corrected chi connectivity index (χ2v) is 21.8. The summed E-state index contributed by atoms with van der Waals surface area (Å²) in [5.41, 5.74) is 9.54. The van der Waals surface area contributed by atoms with Gasteiger partial charge in [-0.05, 0) is 150 Å². The molecule has 2 unspecified atom stereocenters. The average molecular weight is 1040 g/mol. The molecule has 5 fully saturated rings. The Bertz CT molecular complexity index is 2790.